The Bertz CT molecular complexity index is 244. The number of hydrogen-bond acceptors (Lipinski definition) is 3. The Morgan fingerprint density at radius 1 is 1.06 bits per heavy atom. The molecule has 0 aromatic carbocycles. The lowest BCUT2D eigenvalue weighted by atomic mass is 9.83. The second kappa shape index (κ2) is 6.88. The smallest absolute Gasteiger partial charge is 0.0135 e. The molecule has 3 unspecified atom stereocenters. The predicted molar refractivity (Wildman–Crippen MR) is 77.7 cm³/mol. The van der Waals surface area contributed by atoms with Crippen LogP contribution in [0.25, 0.3) is 0 Å². The van der Waals surface area contributed by atoms with Crippen LogP contribution in [0.2, 0.25) is 0 Å². The molecule has 2 aliphatic rings. The number of hydrogen-bond donors (Lipinski definition) is 1. The molecule has 1 heterocycles. The van der Waals surface area contributed by atoms with Gasteiger partial charge in [0.1, 0.15) is 0 Å². The molecule has 0 aromatic rings. The SMILES string of the molecule is CN1CCCC(N(C)C2CCCCC2CN)CC1. The number of rotatable bonds is 3. The summed E-state index contributed by atoms with van der Waals surface area (Å²) in [5, 5.41) is 0. The van der Waals surface area contributed by atoms with Crippen molar-refractivity contribution in [2.45, 2.75) is 57.0 Å². The molecule has 18 heavy (non-hydrogen) atoms. The van der Waals surface area contributed by atoms with Gasteiger partial charge >= 0.3 is 0 Å². The highest BCUT2D eigenvalue weighted by atomic mass is 15.2. The van der Waals surface area contributed by atoms with E-state index >= 15 is 0 Å². The lowest BCUT2D eigenvalue weighted by Gasteiger charge is -2.41. The highest BCUT2D eigenvalue weighted by molar-refractivity contribution is 4.87. The zero-order valence-electron chi connectivity index (χ0n) is 12.3. The summed E-state index contributed by atoms with van der Waals surface area (Å²) in [7, 11) is 4.61. The van der Waals surface area contributed by atoms with Gasteiger partial charge in [0.2, 0.25) is 0 Å². The molecule has 1 saturated carbocycles. The summed E-state index contributed by atoms with van der Waals surface area (Å²) in [6, 6.07) is 1.53. The monoisotopic (exact) mass is 253 g/mol. The van der Waals surface area contributed by atoms with Crippen molar-refractivity contribution in [2.75, 3.05) is 33.7 Å². The highest BCUT2D eigenvalue weighted by Gasteiger charge is 2.31. The number of nitrogens with two attached hydrogens (primary N) is 1. The van der Waals surface area contributed by atoms with E-state index in [9.17, 15) is 0 Å². The molecule has 3 heteroatoms. The fourth-order valence-corrected chi connectivity index (χ4v) is 3.90. The quantitative estimate of drug-likeness (QED) is 0.834. The van der Waals surface area contributed by atoms with Crippen LogP contribution in [0.4, 0.5) is 0 Å². The van der Waals surface area contributed by atoms with Crippen LogP contribution in [0.5, 0.6) is 0 Å². The van der Waals surface area contributed by atoms with Crippen molar-refractivity contribution in [3.63, 3.8) is 0 Å². The molecule has 3 nitrogen and oxygen atoms in total. The van der Waals surface area contributed by atoms with Crippen LogP contribution in [0, 0.1) is 5.92 Å². The van der Waals surface area contributed by atoms with E-state index in [4.69, 9.17) is 5.73 Å². The first-order valence-corrected chi connectivity index (χ1v) is 7.83. The summed E-state index contributed by atoms with van der Waals surface area (Å²) < 4.78 is 0. The third kappa shape index (κ3) is 3.46. The van der Waals surface area contributed by atoms with E-state index in [-0.39, 0.29) is 0 Å². The summed E-state index contributed by atoms with van der Waals surface area (Å²) in [4.78, 5) is 5.17. The van der Waals surface area contributed by atoms with Crippen molar-refractivity contribution < 1.29 is 0 Å². The average molecular weight is 253 g/mol. The largest absolute Gasteiger partial charge is 0.330 e. The van der Waals surface area contributed by atoms with Gasteiger partial charge in [-0.05, 0) is 71.8 Å². The molecule has 2 rings (SSSR count). The molecule has 2 fully saturated rings. The van der Waals surface area contributed by atoms with Gasteiger partial charge in [0, 0.05) is 12.1 Å². The first-order chi connectivity index (χ1) is 8.72. The second-order valence-corrected chi connectivity index (χ2v) is 6.40. The maximum atomic E-state index is 5.98. The van der Waals surface area contributed by atoms with Gasteiger partial charge in [-0.3, -0.25) is 0 Å². The van der Waals surface area contributed by atoms with E-state index in [1.54, 1.807) is 0 Å². The van der Waals surface area contributed by atoms with Gasteiger partial charge in [0.15, 0.2) is 0 Å². The highest BCUT2D eigenvalue weighted by Crippen LogP contribution is 2.30. The van der Waals surface area contributed by atoms with Crippen molar-refractivity contribution in [3.8, 4) is 0 Å². The van der Waals surface area contributed by atoms with Crippen molar-refractivity contribution in [1.82, 2.24) is 9.80 Å². The Hall–Kier alpha value is -0.120. The van der Waals surface area contributed by atoms with Crippen molar-refractivity contribution in [2.24, 2.45) is 11.7 Å². The van der Waals surface area contributed by atoms with Crippen LogP contribution in [0.1, 0.15) is 44.9 Å². The fourth-order valence-electron chi connectivity index (χ4n) is 3.90. The van der Waals surface area contributed by atoms with Crippen LogP contribution in [0.15, 0.2) is 0 Å². The van der Waals surface area contributed by atoms with E-state index in [0.717, 1.165) is 24.5 Å². The molecule has 1 aliphatic carbocycles. The van der Waals surface area contributed by atoms with E-state index in [1.807, 2.05) is 0 Å². The second-order valence-electron chi connectivity index (χ2n) is 6.40. The molecular formula is C15H31N3. The zero-order valence-corrected chi connectivity index (χ0v) is 12.3. The summed E-state index contributed by atoms with van der Waals surface area (Å²) in [5.74, 6) is 0.740. The van der Waals surface area contributed by atoms with E-state index in [2.05, 4.69) is 23.9 Å². The maximum absolute atomic E-state index is 5.98. The normalized spacial score (nSPS) is 35.7. The van der Waals surface area contributed by atoms with Crippen molar-refractivity contribution >= 4 is 0 Å². The lowest BCUT2D eigenvalue weighted by Crippen LogP contribution is -2.48. The minimum Gasteiger partial charge on any atom is -0.330 e. The maximum Gasteiger partial charge on any atom is 0.0135 e. The summed E-state index contributed by atoms with van der Waals surface area (Å²) in [5.41, 5.74) is 5.98. The fraction of sp³-hybridized carbons (Fsp3) is 1.00. The molecule has 1 saturated heterocycles. The molecule has 106 valence electrons. The first-order valence-electron chi connectivity index (χ1n) is 7.83. The Kier molecular flexibility index (Phi) is 5.46. The summed E-state index contributed by atoms with van der Waals surface area (Å²) in [6.07, 6.45) is 9.56. The molecule has 0 spiro atoms. The molecular weight excluding hydrogens is 222 g/mol. The average Bonchev–Trinajstić information content (AvgIpc) is 2.62. The topological polar surface area (TPSA) is 32.5 Å². The molecule has 0 bridgehead atoms. The number of likely N-dealkylation sites (tertiary alicyclic amines) is 1. The molecule has 0 aromatic heterocycles. The molecule has 0 radical (unpaired) electrons. The summed E-state index contributed by atoms with van der Waals surface area (Å²) in [6.45, 7) is 3.41. The van der Waals surface area contributed by atoms with Crippen LogP contribution < -0.4 is 5.73 Å². The van der Waals surface area contributed by atoms with Crippen LogP contribution in [-0.4, -0.2) is 55.6 Å². The van der Waals surface area contributed by atoms with Gasteiger partial charge in [-0.25, -0.2) is 0 Å². The van der Waals surface area contributed by atoms with Gasteiger partial charge in [-0.15, -0.1) is 0 Å². The van der Waals surface area contributed by atoms with Gasteiger partial charge in [0.25, 0.3) is 0 Å². The summed E-state index contributed by atoms with van der Waals surface area (Å²) >= 11 is 0. The number of nitrogens with zero attached hydrogens (tertiary/aromatic N) is 2. The van der Waals surface area contributed by atoms with E-state index in [1.165, 1.54) is 58.0 Å². The standard InChI is InChI=1S/C15H31N3/c1-17-10-5-7-14(9-11-17)18(2)15-8-4-3-6-13(15)12-16/h13-15H,3-12,16H2,1-2H3. The van der Waals surface area contributed by atoms with Gasteiger partial charge < -0.3 is 15.5 Å². The lowest BCUT2D eigenvalue weighted by molar-refractivity contribution is 0.0847. The molecule has 2 N–H and O–H groups in total. The Morgan fingerprint density at radius 3 is 2.61 bits per heavy atom. The Balaban J connectivity index is 1.93. The predicted octanol–water partition coefficient (Wildman–Crippen LogP) is 1.92. The molecule has 0 amide bonds. The molecule has 1 aliphatic heterocycles. The zero-order chi connectivity index (χ0) is 13.0. The third-order valence-electron chi connectivity index (χ3n) is 5.19. The van der Waals surface area contributed by atoms with E-state index in [0.29, 0.717) is 0 Å². The van der Waals surface area contributed by atoms with Crippen molar-refractivity contribution in [1.29, 1.82) is 0 Å². The van der Waals surface area contributed by atoms with Crippen molar-refractivity contribution in [3.05, 3.63) is 0 Å². The molecule has 3 atom stereocenters. The minimum absolute atomic E-state index is 0.740. The van der Waals surface area contributed by atoms with Crippen LogP contribution in [0.3, 0.4) is 0 Å². The van der Waals surface area contributed by atoms with Gasteiger partial charge in [0.05, 0.1) is 0 Å². The van der Waals surface area contributed by atoms with Crippen LogP contribution in [-0.2, 0) is 0 Å². The minimum atomic E-state index is 0.740. The first kappa shape index (κ1) is 14.3. The van der Waals surface area contributed by atoms with Gasteiger partial charge in [-0.2, -0.15) is 0 Å². The Morgan fingerprint density at radius 2 is 1.83 bits per heavy atom. The van der Waals surface area contributed by atoms with Gasteiger partial charge in [-0.1, -0.05) is 12.8 Å². The third-order valence-corrected chi connectivity index (χ3v) is 5.19. The van der Waals surface area contributed by atoms with E-state index < -0.39 is 0 Å². The Labute approximate surface area is 113 Å². The van der Waals surface area contributed by atoms with Crippen LogP contribution >= 0.6 is 0 Å².